The van der Waals surface area contributed by atoms with Crippen LogP contribution in [0.4, 0.5) is 5.82 Å². The zero-order valence-corrected chi connectivity index (χ0v) is 14.4. The fourth-order valence-corrected chi connectivity index (χ4v) is 3.46. The molecule has 1 saturated carbocycles. The lowest BCUT2D eigenvalue weighted by Crippen LogP contribution is -2.41. The van der Waals surface area contributed by atoms with Gasteiger partial charge in [-0.15, -0.1) is 0 Å². The molecular weight excluding hydrogens is 310 g/mol. The van der Waals surface area contributed by atoms with Gasteiger partial charge in [-0.3, -0.25) is 4.90 Å². The van der Waals surface area contributed by atoms with Crippen molar-refractivity contribution in [2.75, 3.05) is 18.4 Å². The molecule has 128 valence electrons. The van der Waals surface area contributed by atoms with Gasteiger partial charge in [0.15, 0.2) is 0 Å². The molecule has 2 heterocycles. The standard InChI is InChI=1S/C20H23N5/c21-12-15-3-5-16(6-4-15)13-25-11-1-2-18(14-25)23-19-9-10-22-20(24-19)17-7-8-17/h3-6,9-10,17-18H,1-2,7-8,11,13-14H2,(H,22,23,24). The minimum atomic E-state index is 0.425. The number of nitrogens with one attached hydrogen (secondary N) is 1. The van der Waals surface area contributed by atoms with Gasteiger partial charge in [-0.25, -0.2) is 9.97 Å². The van der Waals surface area contributed by atoms with Crippen LogP contribution in [0.15, 0.2) is 36.5 Å². The van der Waals surface area contributed by atoms with Gasteiger partial charge in [0.25, 0.3) is 0 Å². The van der Waals surface area contributed by atoms with Gasteiger partial charge < -0.3 is 5.32 Å². The minimum Gasteiger partial charge on any atom is -0.366 e. The molecule has 5 nitrogen and oxygen atoms in total. The molecule has 2 aromatic rings. The van der Waals surface area contributed by atoms with Gasteiger partial charge in [-0.2, -0.15) is 5.26 Å². The largest absolute Gasteiger partial charge is 0.366 e. The van der Waals surface area contributed by atoms with E-state index in [2.05, 4.69) is 38.4 Å². The Morgan fingerprint density at radius 2 is 2.00 bits per heavy atom. The molecule has 1 aromatic heterocycles. The van der Waals surface area contributed by atoms with E-state index in [0.717, 1.165) is 36.8 Å². The molecule has 1 aromatic carbocycles. The molecule has 1 aliphatic heterocycles. The molecule has 2 fully saturated rings. The first kappa shape index (κ1) is 16.0. The first-order chi connectivity index (χ1) is 12.3. The fraction of sp³-hybridized carbons (Fsp3) is 0.450. The van der Waals surface area contributed by atoms with Crippen LogP contribution in [0.2, 0.25) is 0 Å². The van der Waals surface area contributed by atoms with Crippen LogP contribution in [0.5, 0.6) is 0 Å². The maximum Gasteiger partial charge on any atom is 0.133 e. The molecule has 2 aliphatic rings. The first-order valence-electron chi connectivity index (χ1n) is 9.11. The van der Waals surface area contributed by atoms with Crippen LogP contribution in [-0.2, 0) is 6.54 Å². The van der Waals surface area contributed by atoms with E-state index in [0.29, 0.717) is 12.0 Å². The monoisotopic (exact) mass is 333 g/mol. The Hall–Kier alpha value is -2.45. The van der Waals surface area contributed by atoms with Gasteiger partial charge in [0.2, 0.25) is 0 Å². The van der Waals surface area contributed by atoms with Crippen LogP contribution >= 0.6 is 0 Å². The van der Waals surface area contributed by atoms with E-state index in [4.69, 9.17) is 5.26 Å². The Morgan fingerprint density at radius 1 is 1.16 bits per heavy atom. The van der Waals surface area contributed by atoms with E-state index < -0.39 is 0 Å². The van der Waals surface area contributed by atoms with Crippen LogP contribution in [0.3, 0.4) is 0 Å². The van der Waals surface area contributed by atoms with Crippen LogP contribution in [0, 0.1) is 11.3 Å². The predicted molar refractivity (Wildman–Crippen MR) is 97.1 cm³/mol. The van der Waals surface area contributed by atoms with Crippen molar-refractivity contribution in [2.45, 2.75) is 44.2 Å². The fourth-order valence-electron chi connectivity index (χ4n) is 3.46. The lowest BCUT2D eigenvalue weighted by Gasteiger charge is -2.33. The average molecular weight is 333 g/mol. The lowest BCUT2D eigenvalue weighted by molar-refractivity contribution is 0.208. The number of likely N-dealkylation sites (tertiary alicyclic amines) is 1. The quantitative estimate of drug-likeness (QED) is 0.909. The number of nitriles is 1. The van der Waals surface area contributed by atoms with Crippen molar-refractivity contribution in [3.8, 4) is 6.07 Å². The Bertz CT molecular complexity index is 760. The van der Waals surface area contributed by atoms with Crippen molar-refractivity contribution in [1.82, 2.24) is 14.9 Å². The summed E-state index contributed by atoms with van der Waals surface area (Å²) in [6, 6.07) is 12.5. The van der Waals surface area contributed by atoms with Crippen molar-refractivity contribution in [3.05, 3.63) is 53.5 Å². The summed E-state index contributed by atoms with van der Waals surface area (Å²) in [5, 5.41) is 12.5. The number of aromatic nitrogens is 2. The summed E-state index contributed by atoms with van der Waals surface area (Å²) < 4.78 is 0. The third kappa shape index (κ3) is 4.15. The van der Waals surface area contributed by atoms with Crippen molar-refractivity contribution in [1.29, 1.82) is 5.26 Å². The Balaban J connectivity index is 1.35. The van der Waals surface area contributed by atoms with E-state index in [1.807, 2.05) is 24.4 Å². The number of rotatable bonds is 5. The van der Waals surface area contributed by atoms with E-state index in [1.54, 1.807) is 0 Å². The molecule has 1 aliphatic carbocycles. The SMILES string of the molecule is N#Cc1ccc(CN2CCCC(Nc3ccnc(C4CC4)n3)C2)cc1. The van der Waals surface area contributed by atoms with Crippen LogP contribution in [-0.4, -0.2) is 34.0 Å². The first-order valence-corrected chi connectivity index (χ1v) is 9.11. The summed E-state index contributed by atoms with van der Waals surface area (Å²) in [6.07, 6.45) is 6.69. The summed E-state index contributed by atoms with van der Waals surface area (Å²) in [6.45, 7) is 3.07. The molecule has 4 rings (SSSR count). The molecule has 0 bridgehead atoms. The van der Waals surface area contributed by atoms with Crippen molar-refractivity contribution >= 4 is 5.82 Å². The predicted octanol–water partition coefficient (Wildman–Crippen LogP) is 3.30. The number of nitrogens with zero attached hydrogens (tertiary/aromatic N) is 4. The third-order valence-electron chi connectivity index (χ3n) is 4.96. The summed E-state index contributed by atoms with van der Waals surface area (Å²) >= 11 is 0. The zero-order chi connectivity index (χ0) is 17.1. The third-order valence-corrected chi connectivity index (χ3v) is 4.96. The van der Waals surface area contributed by atoms with Crippen LogP contribution < -0.4 is 5.32 Å². The smallest absolute Gasteiger partial charge is 0.133 e. The number of hydrogen-bond acceptors (Lipinski definition) is 5. The summed E-state index contributed by atoms with van der Waals surface area (Å²) in [5.41, 5.74) is 1.98. The molecule has 1 unspecified atom stereocenters. The lowest BCUT2D eigenvalue weighted by atomic mass is 10.0. The second-order valence-corrected chi connectivity index (χ2v) is 7.10. The van der Waals surface area contributed by atoms with Crippen molar-refractivity contribution in [3.63, 3.8) is 0 Å². The van der Waals surface area contributed by atoms with Crippen molar-refractivity contribution in [2.24, 2.45) is 0 Å². The highest BCUT2D eigenvalue weighted by Crippen LogP contribution is 2.38. The maximum atomic E-state index is 8.90. The topological polar surface area (TPSA) is 64.8 Å². The molecule has 1 N–H and O–H groups in total. The second-order valence-electron chi connectivity index (χ2n) is 7.10. The van der Waals surface area contributed by atoms with E-state index in [1.165, 1.54) is 31.2 Å². The van der Waals surface area contributed by atoms with Gasteiger partial charge in [-0.05, 0) is 56.0 Å². The summed E-state index contributed by atoms with van der Waals surface area (Å²) in [4.78, 5) is 11.6. The Labute approximate surface area is 148 Å². The van der Waals surface area contributed by atoms with E-state index in [9.17, 15) is 0 Å². The number of anilines is 1. The van der Waals surface area contributed by atoms with Gasteiger partial charge in [0, 0.05) is 31.2 Å². The molecular formula is C20H23N5. The highest BCUT2D eigenvalue weighted by atomic mass is 15.2. The average Bonchev–Trinajstić information content (AvgIpc) is 3.48. The molecule has 0 amide bonds. The Morgan fingerprint density at radius 3 is 2.76 bits per heavy atom. The number of piperidine rings is 1. The normalized spacial score (nSPS) is 20.8. The summed E-state index contributed by atoms with van der Waals surface area (Å²) in [7, 11) is 0. The number of benzene rings is 1. The highest BCUT2D eigenvalue weighted by molar-refractivity contribution is 5.35. The van der Waals surface area contributed by atoms with Crippen molar-refractivity contribution < 1.29 is 0 Å². The zero-order valence-electron chi connectivity index (χ0n) is 14.4. The minimum absolute atomic E-state index is 0.425. The van der Waals surface area contributed by atoms with Gasteiger partial charge in [-0.1, -0.05) is 12.1 Å². The van der Waals surface area contributed by atoms with Gasteiger partial charge >= 0.3 is 0 Å². The molecule has 1 atom stereocenters. The van der Waals surface area contributed by atoms with Crippen LogP contribution in [0.25, 0.3) is 0 Å². The van der Waals surface area contributed by atoms with E-state index in [-0.39, 0.29) is 0 Å². The molecule has 25 heavy (non-hydrogen) atoms. The maximum absolute atomic E-state index is 8.90. The molecule has 0 radical (unpaired) electrons. The van der Waals surface area contributed by atoms with E-state index >= 15 is 0 Å². The van der Waals surface area contributed by atoms with Gasteiger partial charge in [0.1, 0.15) is 11.6 Å². The highest BCUT2D eigenvalue weighted by Gasteiger charge is 2.27. The Kier molecular flexibility index (Phi) is 4.62. The van der Waals surface area contributed by atoms with Gasteiger partial charge in [0.05, 0.1) is 11.6 Å². The summed E-state index contributed by atoms with van der Waals surface area (Å²) in [5.74, 6) is 2.54. The van der Waals surface area contributed by atoms with Crippen LogP contribution in [0.1, 0.15) is 48.6 Å². The second kappa shape index (κ2) is 7.20. The number of hydrogen-bond donors (Lipinski definition) is 1. The molecule has 5 heteroatoms. The molecule has 1 saturated heterocycles. The molecule has 0 spiro atoms.